The number of halogens is 1. The van der Waals surface area contributed by atoms with Crippen molar-refractivity contribution < 1.29 is 9.50 Å². The zero-order chi connectivity index (χ0) is 9.68. The third kappa shape index (κ3) is 3.42. The average molecular weight is 183 g/mol. The number of alkyl halides is 1. The van der Waals surface area contributed by atoms with E-state index in [1.807, 2.05) is 6.07 Å². The molecular weight excluding hydrogens is 169 g/mol. The highest BCUT2D eigenvalue weighted by atomic mass is 19.1. The van der Waals surface area contributed by atoms with Crippen LogP contribution in [0.5, 0.6) is 5.75 Å². The highest BCUT2D eigenvalue weighted by Crippen LogP contribution is 2.13. The maximum absolute atomic E-state index is 12.7. The van der Waals surface area contributed by atoms with Gasteiger partial charge in [-0.1, -0.05) is 12.1 Å². The third-order valence-electron chi connectivity index (χ3n) is 1.91. The normalized spacial score (nSPS) is 12.8. The Labute approximate surface area is 77.2 Å². The molecule has 72 valence electrons. The van der Waals surface area contributed by atoms with Crippen LogP contribution in [0.25, 0.3) is 0 Å². The Balaban J connectivity index is 2.45. The van der Waals surface area contributed by atoms with E-state index >= 15 is 0 Å². The van der Waals surface area contributed by atoms with Crippen LogP contribution in [0.2, 0.25) is 0 Å². The van der Waals surface area contributed by atoms with Crippen LogP contribution in [0.15, 0.2) is 24.3 Å². The molecule has 2 nitrogen and oxygen atoms in total. The number of phenols is 1. The summed E-state index contributed by atoms with van der Waals surface area (Å²) in [6, 6.07) is 6.85. The molecule has 0 saturated heterocycles. The zero-order valence-electron chi connectivity index (χ0n) is 7.41. The van der Waals surface area contributed by atoms with Gasteiger partial charge in [-0.05, 0) is 30.5 Å². The molecule has 0 spiro atoms. The Morgan fingerprint density at radius 3 is 2.85 bits per heavy atom. The van der Waals surface area contributed by atoms with Crippen LogP contribution in [-0.4, -0.2) is 17.8 Å². The second kappa shape index (κ2) is 4.82. The average Bonchev–Trinajstić information content (AvgIpc) is 2.14. The molecule has 0 aliphatic carbocycles. The molecule has 0 aliphatic rings. The number of hydrogen-bond acceptors (Lipinski definition) is 2. The van der Waals surface area contributed by atoms with Crippen molar-refractivity contribution in [3.05, 3.63) is 29.8 Å². The molecule has 13 heavy (non-hydrogen) atoms. The summed E-state index contributed by atoms with van der Waals surface area (Å²) in [4.78, 5) is 0. The van der Waals surface area contributed by atoms with Gasteiger partial charge in [-0.25, -0.2) is 4.39 Å². The van der Waals surface area contributed by atoms with Gasteiger partial charge < -0.3 is 10.8 Å². The Kier molecular flexibility index (Phi) is 3.71. The largest absolute Gasteiger partial charge is 0.508 e. The minimum Gasteiger partial charge on any atom is -0.508 e. The smallest absolute Gasteiger partial charge is 0.115 e. The molecule has 0 bridgehead atoms. The molecule has 0 aromatic heterocycles. The Morgan fingerprint density at radius 1 is 1.46 bits per heavy atom. The van der Waals surface area contributed by atoms with E-state index in [1.54, 1.807) is 18.2 Å². The van der Waals surface area contributed by atoms with Crippen molar-refractivity contribution in [2.45, 2.75) is 19.0 Å². The maximum atomic E-state index is 12.7. The number of rotatable bonds is 4. The predicted octanol–water partition coefficient (Wildman–Crippen LogP) is 1.62. The van der Waals surface area contributed by atoms with Gasteiger partial charge in [-0.3, -0.25) is 0 Å². The standard InChI is InChI=1S/C10H14FNO/c11-9(7-12)5-4-8-2-1-3-10(13)6-8/h1-3,6,9,13H,4-5,7,12H2. The summed E-state index contributed by atoms with van der Waals surface area (Å²) in [7, 11) is 0. The van der Waals surface area contributed by atoms with Crippen LogP contribution >= 0.6 is 0 Å². The van der Waals surface area contributed by atoms with Crippen molar-refractivity contribution in [1.82, 2.24) is 0 Å². The Morgan fingerprint density at radius 2 is 2.23 bits per heavy atom. The predicted molar refractivity (Wildman–Crippen MR) is 50.4 cm³/mol. The van der Waals surface area contributed by atoms with Crippen molar-refractivity contribution >= 4 is 0 Å². The minimum absolute atomic E-state index is 0.0683. The van der Waals surface area contributed by atoms with Crippen LogP contribution in [0.3, 0.4) is 0 Å². The summed E-state index contributed by atoms with van der Waals surface area (Å²) in [5.41, 5.74) is 6.08. The molecule has 1 atom stereocenters. The van der Waals surface area contributed by atoms with Crippen molar-refractivity contribution in [2.75, 3.05) is 6.54 Å². The first-order chi connectivity index (χ1) is 6.22. The van der Waals surface area contributed by atoms with E-state index < -0.39 is 6.17 Å². The number of aromatic hydroxyl groups is 1. The fraction of sp³-hybridized carbons (Fsp3) is 0.400. The third-order valence-corrected chi connectivity index (χ3v) is 1.91. The van der Waals surface area contributed by atoms with Gasteiger partial charge in [-0.2, -0.15) is 0 Å². The SMILES string of the molecule is NCC(F)CCc1cccc(O)c1. The number of benzene rings is 1. The fourth-order valence-corrected chi connectivity index (χ4v) is 1.15. The van der Waals surface area contributed by atoms with Crippen LogP contribution in [0.1, 0.15) is 12.0 Å². The molecule has 0 aliphatic heterocycles. The van der Waals surface area contributed by atoms with Crippen molar-refractivity contribution in [3.8, 4) is 5.75 Å². The molecular formula is C10H14FNO. The number of hydrogen-bond donors (Lipinski definition) is 2. The maximum Gasteiger partial charge on any atom is 0.115 e. The summed E-state index contributed by atoms with van der Waals surface area (Å²) < 4.78 is 12.7. The van der Waals surface area contributed by atoms with E-state index in [1.165, 1.54) is 0 Å². The number of aryl methyl sites for hydroxylation is 1. The lowest BCUT2D eigenvalue weighted by Gasteiger charge is -2.04. The van der Waals surface area contributed by atoms with Crippen molar-refractivity contribution in [1.29, 1.82) is 0 Å². The molecule has 0 saturated carbocycles. The fourth-order valence-electron chi connectivity index (χ4n) is 1.15. The zero-order valence-corrected chi connectivity index (χ0v) is 7.41. The first-order valence-corrected chi connectivity index (χ1v) is 4.34. The van der Waals surface area contributed by atoms with E-state index in [-0.39, 0.29) is 12.3 Å². The molecule has 0 heterocycles. The summed E-state index contributed by atoms with van der Waals surface area (Å²) in [5.74, 6) is 0.223. The van der Waals surface area contributed by atoms with E-state index in [0.717, 1.165) is 5.56 Å². The molecule has 1 aromatic rings. The second-order valence-electron chi connectivity index (χ2n) is 3.04. The number of phenolic OH excluding ortho intramolecular Hbond substituents is 1. The molecule has 0 amide bonds. The Bertz CT molecular complexity index is 265. The van der Waals surface area contributed by atoms with Gasteiger partial charge in [0.2, 0.25) is 0 Å². The van der Waals surface area contributed by atoms with E-state index in [4.69, 9.17) is 10.8 Å². The summed E-state index contributed by atoms with van der Waals surface area (Å²) in [5, 5.41) is 9.12. The van der Waals surface area contributed by atoms with E-state index in [2.05, 4.69) is 0 Å². The molecule has 0 fully saturated rings. The summed E-state index contributed by atoms with van der Waals surface area (Å²) in [6.07, 6.45) is 0.0922. The van der Waals surface area contributed by atoms with Crippen molar-refractivity contribution in [3.63, 3.8) is 0 Å². The topological polar surface area (TPSA) is 46.2 Å². The van der Waals surface area contributed by atoms with Crippen LogP contribution in [0, 0.1) is 0 Å². The van der Waals surface area contributed by atoms with Crippen LogP contribution in [-0.2, 0) is 6.42 Å². The van der Waals surface area contributed by atoms with Crippen LogP contribution < -0.4 is 5.73 Å². The van der Waals surface area contributed by atoms with E-state index in [0.29, 0.717) is 12.8 Å². The van der Waals surface area contributed by atoms with Gasteiger partial charge in [0.05, 0.1) is 0 Å². The summed E-state index contributed by atoms with van der Waals surface area (Å²) in [6.45, 7) is 0.0683. The molecule has 3 heteroatoms. The first kappa shape index (κ1) is 9.99. The van der Waals surface area contributed by atoms with E-state index in [9.17, 15) is 4.39 Å². The van der Waals surface area contributed by atoms with Crippen LogP contribution in [0.4, 0.5) is 4.39 Å². The lowest BCUT2D eigenvalue weighted by molar-refractivity contribution is 0.322. The summed E-state index contributed by atoms with van der Waals surface area (Å²) >= 11 is 0. The number of nitrogens with two attached hydrogens (primary N) is 1. The highest BCUT2D eigenvalue weighted by Gasteiger charge is 2.03. The van der Waals surface area contributed by atoms with Gasteiger partial charge in [0.15, 0.2) is 0 Å². The molecule has 1 unspecified atom stereocenters. The highest BCUT2D eigenvalue weighted by molar-refractivity contribution is 5.27. The second-order valence-corrected chi connectivity index (χ2v) is 3.04. The quantitative estimate of drug-likeness (QED) is 0.745. The van der Waals surface area contributed by atoms with Crippen molar-refractivity contribution in [2.24, 2.45) is 5.73 Å². The lowest BCUT2D eigenvalue weighted by atomic mass is 10.1. The van der Waals surface area contributed by atoms with Gasteiger partial charge in [0.25, 0.3) is 0 Å². The van der Waals surface area contributed by atoms with Gasteiger partial charge in [-0.15, -0.1) is 0 Å². The first-order valence-electron chi connectivity index (χ1n) is 4.34. The Hall–Kier alpha value is -1.09. The monoisotopic (exact) mass is 183 g/mol. The minimum atomic E-state index is -0.942. The molecule has 0 radical (unpaired) electrons. The van der Waals surface area contributed by atoms with Gasteiger partial charge in [0, 0.05) is 6.54 Å². The van der Waals surface area contributed by atoms with Gasteiger partial charge in [0.1, 0.15) is 11.9 Å². The molecule has 1 aromatic carbocycles. The molecule has 3 N–H and O–H groups in total. The lowest BCUT2D eigenvalue weighted by Crippen LogP contribution is -2.15. The van der Waals surface area contributed by atoms with Gasteiger partial charge >= 0.3 is 0 Å². The molecule has 1 rings (SSSR count).